The van der Waals surface area contributed by atoms with Gasteiger partial charge in [0.05, 0.1) is 11.8 Å². The summed E-state index contributed by atoms with van der Waals surface area (Å²) < 4.78 is 5.59. The Hall–Kier alpha value is -2.73. The minimum Gasteiger partial charge on any atom is -0.491 e. The quantitative estimate of drug-likeness (QED) is 0.665. The van der Waals surface area contributed by atoms with Crippen LogP contribution >= 0.6 is 11.3 Å². The summed E-state index contributed by atoms with van der Waals surface area (Å²) in [4.78, 5) is 20.8. The van der Waals surface area contributed by atoms with Crippen molar-refractivity contribution >= 4 is 22.9 Å². The maximum atomic E-state index is 12.1. The lowest BCUT2D eigenvalue weighted by Crippen LogP contribution is -2.12. The van der Waals surface area contributed by atoms with E-state index in [0.717, 1.165) is 27.7 Å². The number of carbonyl (C=O) groups is 1. The molecule has 0 bridgehead atoms. The first-order valence-electron chi connectivity index (χ1n) is 8.51. The van der Waals surface area contributed by atoms with E-state index in [9.17, 15) is 4.79 Å². The van der Waals surface area contributed by atoms with Gasteiger partial charge in [-0.05, 0) is 56.7 Å². The molecule has 26 heavy (non-hydrogen) atoms. The molecule has 2 aromatic heterocycles. The van der Waals surface area contributed by atoms with Crippen LogP contribution in [0.3, 0.4) is 0 Å². The van der Waals surface area contributed by atoms with Crippen LogP contribution in [0.15, 0.2) is 54.2 Å². The Morgan fingerprint density at radius 3 is 2.73 bits per heavy atom. The van der Waals surface area contributed by atoms with Crippen molar-refractivity contribution in [3.8, 4) is 16.3 Å². The number of benzene rings is 1. The number of pyridine rings is 1. The van der Waals surface area contributed by atoms with Crippen LogP contribution in [0, 0.1) is 0 Å². The smallest absolute Gasteiger partial charge is 0.224 e. The molecule has 1 aromatic carbocycles. The highest BCUT2D eigenvalue weighted by Crippen LogP contribution is 2.23. The fourth-order valence-corrected chi connectivity index (χ4v) is 3.24. The number of anilines is 1. The molecule has 0 aliphatic rings. The fourth-order valence-electron chi connectivity index (χ4n) is 2.40. The molecule has 0 aliphatic carbocycles. The molecule has 6 heteroatoms. The van der Waals surface area contributed by atoms with Gasteiger partial charge in [-0.2, -0.15) is 0 Å². The number of aryl methyl sites for hydroxylation is 1. The lowest BCUT2D eigenvalue weighted by Gasteiger charge is -2.10. The second-order valence-electron chi connectivity index (χ2n) is 6.12. The highest BCUT2D eigenvalue weighted by molar-refractivity contribution is 7.13. The largest absolute Gasteiger partial charge is 0.491 e. The van der Waals surface area contributed by atoms with Crippen LogP contribution in [0.5, 0.6) is 5.75 Å². The summed E-state index contributed by atoms with van der Waals surface area (Å²) in [6.45, 7) is 3.96. The summed E-state index contributed by atoms with van der Waals surface area (Å²) in [7, 11) is 0. The van der Waals surface area contributed by atoms with E-state index in [1.54, 1.807) is 23.7 Å². The molecule has 1 amide bonds. The molecule has 3 rings (SSSR count). The predicted molar refractivity (Wildman–Crippen MR) is 105 cm³/mol. The van der Waals surface area contributed by atoms with E-state index in [2.05, 4.69) is 15.3 Å². The van der Waals surface area contributed by atoms with E-state index in [0.29, 0.717) is 12.8 Å². The van der Waals surface area contributed by atoms with Crippen molar-refractivity contribution in [2.45, 2.75) is 32.8 Å². The van der Waals surface area contributed by atoms with Gasteiger partial charge in [-0.1, -0.05) is 0 Å². The Kier molecular flexibility index (Phi) is 5.96. The number of hydrogen-bond donors (Lipinski definition) is 1. The van der Waals surface area contributed by atoms with Gasteiger partial charge in [0.15, 0.2) is 0 Å². The van der Waals surface area contributed by atoms with Gasteiger partial charge in [-0.3, -0.25) is 9.78 Å². The van der Waals surface area contributed by atoms with Crippen molar-refractivity contribution in [1.82, 2.24) is 9.97 Å². The van der Waals surface area contributed by atoms with E-state index in [4.69, 9.17) is 4.74 Å². The number of nitrogens with zero attached hydrogens (tertiary/aromatic N) is 2. The lowest BCUT2D eigenvalue weighted by atomic mass is 10.2. The Bertz CT molecular complexity index is 845. The van der Waals surface area contributed by atoms with Crippen molar-refractivity contribution < 1.29 is 9.53 Å². The lowest BCUT2D eigenvalue weighted by molar-refractivity contribution is -0.116. The Morgan fingerprint density at radius 1 is 1.23 bits per heavy atom. The average molecular weight is 367 g/mol. The predicted octanol–water partition coefficient (Wildman–Crippen LogP) is 4.56. The number of hydrogen-bond acceptors (Lipinski definition) is 5. The van der Waals surface area contributed by atoms with Crippen molar-refractivity contribution in [2.75, 3.05) is 5.32 Å². The third-order valence-electron chi connectivity index (χ3n) is 3.58. The molecule has 0 aliphatic heterocycles. The van der Waals surface area contributed by atoms with Gasteiger partial charge in [0.25, 0.3) is 0 Å². The third kappa shape index (κ3) is 5.13. The van der Waals surface area contributed by atoms with Crippen LogP contribution in [0.1, 0.15) is 26.0 Å². The fraction of sp³-hybridized carbons (Fsp3) is 0.250. The molecule has 0 fully saturated rings. The summed E-state index contributed by atoms with van der Waals surface area (Å²) in [5.74, 6) is 0.766. The molecule has 0 atom stereocenters. The number of ether oxygens (including phenoxy) is 1. The Labute approximate surface area is 157 Å². The van der Waals surface area contributed by atoms with Crippen molar-refractivity contribution in [1.29, 1.82) is 0 Å². The van der Waals surface area contributed by atoms with Gasteiger partial charge in [-0.25, -0.2) is 4.98 Å². The van der Waals surface area contributed by atoms with Crippen molar-refractivity contribution in [3.63, 3.8) is 0 Å². The van der Waals surface area contributed by atoms with Gasteiger partial charge < -0.3 is 10.1 Å². The molecule has 134 valence electrons. The standard InChI is InChI=1S/C20H21N3O2S/c1-14(2)25-18-8-5-16(6-9-18)22-19(24)10-7-17-13-26-20(23-17)15-4-3-11-21-12-15/h3-6,8-9,11-14H,7,10H2,1-2H3,(H,22,24). The monoisotopic (exact) mass is 367 g/mol. The van der Waals surface area contributed by atoms with Gasteiger partial charge in [-0.15, -0.1) is 11.3 Å². The van der Waals surface area contributed by atoms with Gasteiger partial charge in [0, 0.05) is 35.4 Å². The zero-order valence-corrected chi connectivity index (χ0v) is 15.6. The normalized spacial score (nSPS) is 10.7. The SMILES string of the molecule is CC(C)Oc1ccc(NC(=O)CCc2csc(-c3cccnc3)n2)cc1. The number of amides is 1. The number of carbonyl (C=O) groups excluding carboxylic acids is 1. The van der Waals surface area contributed by atoms with Crippen molar-refractivity contribution in [2.24, 2.45) is 0 Å². The van der Waals surface area contributed by atoms with Crippen LogP contribution in [0.25, 0.3) is 10.6 Å². The van der Waals surface area contributed by atoms with E-state index in [1.807, 2.05) is 55.6 Å². The molecule has 3 aromatic rings. The van der Waals surface area contributed by atoms with E-state index in [-0.39, 0.29) is 12.0 Å². The minimum atomic E-state index is -0.0292. The number of thiazole rings is 1. The minimum absolute atomic E-state index is 0.0292. The zero-order valence-electron chi connectivity index (χ0n) is 14.8. The van der Waals surface area contributed by atoms with E-state index >= 15 is 0 Å². The van der Waals surface area contributed by atoms with Crippen LogP contribution in [0.4, 0.5) is 5.69 Å². The summed E-state index contributed by atoms with van der Waals surface area (Å²) >= 11 is 1.57. The van der Waals surface area contributed by atoms with Gasteiger partial charge >= 0.3 is 0 Å². The molecular weight excluding hydrogens is 346 g/mol. The third-order valence-corrected chi connectivity index (χ3v) is 4.52. The van der Waals surface area contributed by atoms with Gasteiger partial charge in [0.2, 0.25) is 5.91 Å². The topological polar surface area (TPSA) is 64.1 Å². The summed E-state index contributed by atoms with van der Waals surface area (Å²) in [5.41, 5.74) is 2.68. The highest BCUT2D eigenvalue weighted by atomic mass is 32.1. The van der Waals surface area contributed by atoms with Crippen LogP contribution in [0.2, 0.25) is 0 Å². The average Bonchev–Trinajstić information content (AvgIpc) is 3.11. The van der Waals surface area contributed by atoms with E-state index in [1.165, 1.54) is 0 Å². The Balaban J connectivity index is 1.50. The zero-order chi connectivity index (χ0) is 18.4. The second kappa shape index (κ2) is 8.58. The molecule has 0 saturated heterocycles. The molecular formula is C20H21N3O2S. The van der Waals surface area contributed by atoms with E-state index < -0.39 is 0 Å². The molecule has 0 unspecified atom stereocenters. The first kappa shape index (κ1) is 18.1. The van der Waals surface area contributed by atoms with Crippen LogP contribution in [-0.4, -0.2) is 22.0 Å². The van der Waals surface area contributed by atoms with Gasteiger partial charge in [0.1, 0.15) is 10.8 Å². The van der Waals surface area contributed by atoms with Crippen LogP contribution < -0.4 is 10.1 Å². The maximum absolute atomic E-state index is 12.1. The second-order valence-corrected chi connectivity index (χ2v) is 6.98. The first-order chi connectivity index (χ1) is 12.6. The highest BCUT2D eigenvalue weighted by Gasteiger charge is 2.08. The summed E-state index contributed by atoms with van der Waals surface area (Å²) in [6, 6.07) is 11.3. The first-order valence-corrected chi connectivity index (χ1v) is 9.39. The van der Waals surface area contributed by atoms with Crippen molar-refractivity contribution in [3.05, 3.63) is 59.9 Å². The Morgan fingerprint density at radius 2 is 2.04 bits per heavy atom. The molecule has 0 radical (unpaired) electrons. The van der Waals surface area contributed by atoms with Crippen LogP contribution in [-0.2, 0) is 11.2 Å². The number of rotatable bonds is 7. The molecule has 2 heterocycles. The molecule has 1 N–H and O–H groups in total. The summed E-state index contributed by atoms with van der Waals surface area (Å²) in [6.07, 6.45) is 4.66. The molecule has 0 saturated carbocycles. The number of nitrogens with one attached hydrogen (secondary N) is 1. The molecule has 0 spiro atoms. The summed E-state index contributed by atoms with van der Waals surface area (Å²) in [5, 5.41) is 5.82. The number of aromatic nitrogens is 2. The maximum Gasteiger partial charge on any atom is 0.224 e. The molecule has 5 nitrogen and oxygen atoms in total.